The molecule has 0 fully saturated rings. The Hall–Kier alpha value is -1.11. The molecule has 0 bridgehead atoms. The number of hydrogen-bond donors (Lipinski definition) is 2. The first-order valence-corrected chi connectivity index (χ1v) is 12.3. The summed E-state index contributed by atoms with van der Waals surface area (Å²) in [6.45, 7) is 5.88. The van der Waals surface area contributed by atoms with Gasteiger partial charge in [-0.3, -0.25) is 9.59 Å². The summed E-state index contributed by atoms with van der Waals surface area (Å²) in [5, 5.41) is 20.9. The predicted octanol–water partition coefficient (Wildman–Crippen LogP) is 4.81. The summed E-state index contributed by atoms with van der Waals surface area (Å²) in [5.74, 6) is 0.883. The number of carbonyl (C=O) groups is 2. The Morgan fingerprint density at radius 2 is 2.00 bits per heavy atom. The van der Waals surface area contributed by atoms with E-state index in [9.17, 15) is 19.8 Å². The van der Waals surface area contributed by atoms with E-state index >= 15 is 0 Å². The minimum absolute atomic E-state index is 0.00637. The van der Waals surface area contributed by atoms with E-state index in [1.165, 1.54) is 13.5 Å². The van der Waals surface area contributed by atoms with Crippen LogP contribution >= 0.6 is 11.8 Å². The van der Waals surface area contributed by atoms with Crippen LogP contribution in [0.15, 0.2) is 22.6 Å². The topological polar surface area (TPSA) is 83.8 Å². The van der Waals surface area contributed by atoms with Gasteiger partial charge in [0.2, 0.25) is 0 Å². The third-order valence-corrected chi connectivity index (χ3v) is 6.92. The highest BCUT2D eigenvalue weighted by Crippen LogP contribution is 2.41. The van der Waals surface area contributed by atoms with Crippen molar-refractivity contribution in [2.75, 3.05) is 12.9 Å². The molecule has 0 saturated carbocycles. The zero-order chi connectivity index (χ0) is 22.5. The number of unbranched alkanes of at least 4 members (excludes halogenated alkanes) is 3. The Balaban J connectivity index is 2.62. The van der Waals surface area contributed by atoms with E-state index in [2.05, 4.69) is 18.6 Å². The quantitative estimate of drug-likeness (QED) is 0.216. The van der Waals surface area contributed by atoms with Gasteiger partial charge in [0.1, 0.15) is 0 Å². The maximum Gasteiger partial charge on any atom is 0.305 e. The molecule has 0 aromatic rings. The second kappa shape index (κ2) is 14.8. The molecule has 5 nitrogen and oxygen atoms in total. The van der Waals surface area contributed by atoms with Gasteiger partial charge in [-0.2, -0.15) is 0 Å². The standard InChI is InChI=1S/C24H40O5S/c1-5-6-10-17(2)15-19(26)12-13-20-22(27)16-21(18(3)25)24(20)30-14-9-7-8-11-23(28)29-4/h12-13,17,19-20,22,26-27H,5-11,14-16H2,1-4H3/b13-12+/t17-,19-,20+,22-/m1/s1. The van der Waals surface area contributed by atoms with Crippen molar-refractivity contribution in [1.29, 1.82) is 0 Å². The number of esters is 1. The average Bonchev–Trinajstić information content (AvgIpc) is 3.02. The molecule has 0 radical (unpaired) electrons. The van der Waals surface area contributed by atoms with Crippen molar-refractivity contribution >= 4 is 23.5 Å². The summed E-state index contributed by atoms with van der Waals surface area (Å²) < 4.78 is 4.65. The number of ether oxygens (including phenoxy) is 1. The molecule has 30 heavy (non-hydrogen) atoms. The van der Waals surface area contributed by atoms with Crippen molar-refractivity contribution in [3.63, 3.8) is 0 Å². The van der Waals surface area contributed by atoms with E-state index in [1.54, 1.807) is 24.8 Å². The fraction of sp³-hybridized carbons (Fsp3) is 0.750. The van der Waals surface area contributed by atoms with Crippen LogP contribution in [0, 0.1) is 11.8 Å². The smallest absolute Gasteiger partial charge is 0.305 e. The molecule has 1 aliphatic carbocycles. The van der Waals surface area contributed by atoms with E-state index < -0.39 is 12.2 Å². The second-order valence-corrected chi connectivity index (χ2v) is 9.50. The van der Waals surface area contributed by atoms with Crippen molar-refractivity contribution in [2.24, 2.45) is 11.8 Å². The molecule has 0 unspecified atom stereocenters. The Morgan fingerprint density at radius 3 is 2.63 bits per heavy atom. The Bertz CT molecular complexity index is 598. The van der Waals surface area contributed by atoms with Crippen LogP contribution in [-0.2, 0) is 14.3 Å². The van der Waals surface area contributed by atoms with Crippen LogP contribution in [0.3, 0.4) is 0 Å². The third kappa shape index (κ3) is 9.80. The number of aliphatic hydroxyl groups is 2. The molecule has 0 saturated heterocycles. The van der Waals surface area contributed by atoms with E-state index in [4.69, 9.17) is 0 Å². The lowest BCUT2D eigenvalue weighted by atomic mass is 9.96. The highest BCUT2D eigenvalue weighted by atomic mass is 32.2. The van der Waals surface area contributed by atoms with Gasteiger partial charge in [-0.25, -0.2) is 0 Å². The lowest BCUT2D eigenvalue weighted by Crippen LogP contribution is -2.15. The average molecular weight is 441 g/mol. The van der Waals surface area contributed by atoms with Crippen LogP contribution in [0.2, 0.25) is 0 Å². The third-order valence-electron chi connectivity index (χ3n) is 5.60. The van der Waals surface area contributed by atoms with Crippen LogP contribution in [0.5, 0.6) is 0 Å². The zero-order valence-electron chi connectivity index (χ0n) is 19.1. The van der Waals surface area contributed by atoms with E-state index in [1.807, 2.05) is 6.08 Å². The van der Waals surface area contributed by atoms with Crippen molar-refractivity contribution in [3.05, 3.63) is 22.6 Å². The molecule has 0 aromatic carbocycles. The first-order valence-electron chi connectivity index (χ1n) is 11.3. The monoisotopic (exact) mass is 440 g/mol. The van der Waals surface area contributed by atoms with Crippen LogP contribution in [0.1, 0.15) is 78.6 Å². The van der Waals surface area contributed by atoms with Gasteiger partial charge in [0.15, 0.2) is 5.78 Å². The molecule has 0 amide bonds. The Labute approximate surface area is 186 Å². The van der Waals surface area contributed by atoms with Crippen LogP contribution in [0.4, 0.5) is 0 Å². The number of rotatable bonds is 15. The molecule has 0 aromatic heterocycles. The van der Waals surface area contributed by atoms with Gasteiger partial charge < -0.3 is 14.9 Å². The van der Waals surface area contributed by atoms with E-state index in [0.29, 0.717) is 30.8 Å². The fourth-order valence-corrected chi connectivity index (χ4v) is 5.17. The van der Waals surface area contributed by atoms with Gasteiger partial charge in [-0.15, -0.1) is 11.8 Å². The summed E-state index contributed by atoms with van der Waals surface area (Å²) in [5.41, 5.74) is 0.711. The lowest BCUT2D eigenvalue weighted by Gasteiger charge is -2.17. The molecule has 0 aliphatic heterocycles. The van der Waals surface area contributed by atoms with Gasteiger partial charge in [0, 0.05) is 29.2 Å². The fourth-order valence-electron chi connectivity index (χ4n) is 3.77. The van der Waals surface area contributed by atoms with Crippen LogP contribution in [-0.4, -0.2) is 47.0 Å². The number of carbonyl (C=O) groups excluding carboxylic acids is 2. The number of thioether (sulfide) groups is 1. The summed E-state index contributed by atoms with van der Waals surface area (Å²) in [6.07, 6.45) is 10.1. The molecule has 0 spiro atoms. The molecule has 0 heterocycles. The summed E-state index contributed by atoms with van der Waals surface area (Å²) in [4.78, 5) is 24.2. The lowest BCUT2D eigenvalue weighted by molar-refractivity contribution is -0.140. The van der Waals surface area contributed by atoms with Crippen molar-refractivity contribution in [3.8, 4) is 0 Å². The minimum Gasteiger partial charge on any atom is -0.469 e. The highest BCUT2D eigenvalue weighted by Gasteiger charge is 2.33. The molecule has 1 aliphatic rings. The van der Waals surface area contributed by atoms with E-state index in [0.717, 1.165) is 42.8 Å². The molecule has 2 N–H and O–H groups in total. The number of hydrogen-bond acceptors (Lipinski definition) is 6. The molecule has 172 valence electrons. The summed E-state index contributed by atoms with van der Waals surface area (Å²) >= 11 is 1.62. The maximum absolute atomic E-state index is 12.1. The molecular weight excluding hydrogens is 400 g/mol. The zero-order valence-corrected chi connectivity index (χ0v) is 19.9. The summed E-state index contributed by atoms with van der Waals surface area (Å²) in [7, 11) is 1.40. The number of methoxy groups -OCH3 is 1. The number of Topliss-reactive ketones (excluding diaryl/α,β-unsaturated/α-hetero) is 1. The molecule has 6 heteroatoms. The Kier molecular flexibility index (Phi) is 13.3. The van der Waals surface area contributed by atoms with Crippen molar-refractivity contribution < 1.29 is 24.5 Å². The van der Waals surface area contributed by atoms with Gasteiger partial charge >= 0.3 is 5.97 Å². The largest absolute Gasteiger partial charge is 0.469 e. The summed E-state index contributed by atoms with van der Waals surface area (Å²) in [6, 6.07) is 0. The van der Waals surface area contributed by atoms with Gasteiger partial charge in [0.25, 0.3) is 0 Å². The maximum atomic E-state index is 12.1. The minimum atomic E-state index is -0.619. The first-order chi connectivity index (χ1) is 14.3. The van der Waals surface area contributed by atoms with E-state index in [-0.39, 0.29) is 17.7 Å². The van der Waals surface area contributed by atoms with Gasteiger partial charge in [-0.1, -0.05) is 51.7 Å². The normalized spacial score (nSPS) is 21.3. The predicted molar refractivity (Wildman–Crippen MR) is 123 cm³/mol. The number of ketones is 1. The molecule has 4 atom stereocenters. The van der Waals surface area contributed by atoms with Gasteiger partial charge in [0.05, 0.1) is 19.3 Å². The van der Waals surface area contributed by atoms with Crippen molar-refractivity contribution in [2.45, 2.75) is 90.8 Å². The van der Waals surface area contributed by atoms with Crippen LogP contribution < -0.4 is 0 Å². The van der Waals surface area contributed by atoms with Gasteiger partial charge in [-0.05, 0) is 37.9 Å². The highest BCUT2D eigenvalue weighted by molar-refractivity contribution is 8.03. The Morgan fingerprint density at radius 1 is 1.27 bits per heavy atom. The second-order valence-electron chi connectivity index (χ2n) is 8.37. The number of aliphatic hydroxyl groups excluding tert-OH is 2. The van der Waals surface area contributed by atoms with Crippen molar-refractivity contribution in [1.82, 2.24) is 0 Å². The first kappa shape index (κ1) is 26.9. The molecule has 1 rings (SSSR count). The molecular formula is C24H40O5S. The van der Waals surface area contributed by atoms with Crippen LogP contribution in [0.25, 0.3) is 0 Å². The SMILES string of the molecule is CCCC[C@@H](C)C[C@H](O)/C=C/[C@@H]1C(SCCCCCC(=O)OC)=C(C(C)=O)C[C@H]1O.